The van der Waals surface area contributed by atoms with E-state index in [1.165, 1.54) is 6.20 Å². The summed E-state index contributed by atoms with van der Waals surface area (Å²) >= 11 is 0. The van der Waals surface area contributed by atoms with Gasteiger partial charge in [-0.05, 0) is 25.9 Å². The molecule has 1 aliphatic heterocycles. The van der Waals surface area contributed by atoms with Crippen molar-refractivity contribution in [3.05, 3.63) is 24.0 Å². The van der Waals surface area contributed by atoms with Gasteiger partial charge in [0.2, 0.25) is 5.82 Å². The van der Waals surface area contributed by atoms with Crippen LogP contribution in [0.1, 0.15) is 30.3 Å². The minimum atomic E-state index is -4.66. The Morgan fingerprint density at radius 3 is 2.57 bits per heavy atom. The molecule has 2 aromatic heterocycles. The van der Waals surface area contributed by atoms with Crippen LogP contribution in [0.2, 0.25) is 0 Å². The zero-order chi connectivity index (χ0) is 14.9. The molecule has 0 unspecified atom stereocenters. The van der Waals surface area contributed by atoms with Gasteiger partial charge in [0, 0.05) is 12.1 Å². The van der Waals surface area contributed by atoms with Gasteiger partial charge in [0.15, 0.2) is 0 Å². The maximum atomic E-state index is 12.4. The van der Waals surface area contributed by atoms with E-state index in [2.05, 4.69) is 29.9 Å². The van der Waals surface area contributed by atoms with Crippen molar-refractivity contribution in [1.29, 1.82) is 0 Å². The number of halogens is 3. The third-order valence-corrected chi connectivity index (χ3v) is 3.31. The number of nitrogens with zero attached hydrogens (tertiary/aromatic N) is 4. The van der Waals surface area contributed by atoms with Gasteiger partial charge in [-0.3, -0.25) is 4.98 Å². The standard InChI is InChI=1S/C12H12F3N5O/c13-12(14,15)11-19-10(20-21-11)9-6-17-5-8(18-9)7-1-3-16-4-2-7/h5-7,16H,1-4H2. The molecular formula is C12H12F3N5O. The number of piperidine rings is 1. The second-order valence-electron chi connectivity index (χ2n) is 4.77. The second-order valence-corrected chi connectivity index (χ2v) is 4.77. The van der Waals surface area contributed by atoms with Crippen molar-refractivity contribution in [3.8, 4) is 11.5 Å². The van der Waals surface area contributed by atoms with Gasteiger partial charge in [0.1, 0.15) is 5.69 Å². The summed E-state index contributed by atoms with van der Waals surface area (Å²) in [5, 5.41) is 6.56. The van der Waals surface area contributed by atoms with E-state index >= 15 is 0 Å². The first-order chi connectivity index (χ1) is 10.0. The summed E-state index contributed by atoms with van der Waals surface area (Å²) in [7, 11) is 0. The molecule has 112 valence electrons. The smallest absolute Gasteiger partial charge is 0.329 e. The molecule has 0 aromatic carbocycles. The Balaban J connectivity index is 1.87. The van der Waals surface area contributed by atoms with Crippen LogP contribution in [0.5, 0.6) is 0 Å². The molecule has 0 bridgehead atoms. The van der Waals surface area contributed by atoms with E-state index in [-0.39, 0.29) is 17.4 Å². The van der Waals surface area contributed by atoms with Crippen molar-refractivity contribution in [1.82, 2.24) is 25.4 Å². The van der Waals surface area contributed by atoms with Crippen LogP contribution in [0, 0.1) is 0 Å². The fraction of sp³-hybridized carbons (Fsp3) is 0.500. The number of nitrogens with one attached hydrogen (secondary N) is 1. The molecular weight excluding hydrogens is 287 g/mol. The zero-order valence-electron chi connectivity index (χ0n) is 10.9. The maximum Gasteiger partial charge on any atom is 0.471 e. The zero-order valence-corrected chi connectivity index (χ0v) is 10.9. The largest absolute Gasteiger partial charge is 0.471 e. The number of aromatic nitrogens is 4. The van der Waals surface area contributed by atoms with Crippen molar-refractivity contribution in [2.75, 3.05) is 13.1 Å². The minimum Gasteiger partial charge on any atom is -0.329 e. The first-order valence-corrected chi connectivity index (χ1v) is 6.48. The Hall–Kier alpha value is -2.03. The molecule has 21 heavy (non-hydrogen) atoms. The number of hydrogen-bond acceptors (Lipinski definition) is 6. The average molecular weight is 299 g/mol. The summed E-state index contributed by atoms with van der Waals surface area (Å²) in [5.41, 5.74) is 0.928. The predicted molar refractivity (Wildman–Crippen MR) is 65.2 cm³/mol. The lowest BCUT2D eigenvalue weighted by Gasteiger charge is -2.21. The average Bonchev–Trinajstić information content (AvgIpc) is 2.98. The van der Waals surface area contributed by atoms with Gasteiger partial charge in [-0.1, -0.05) is 5.16 Å². The van der Waals surface area contributed by atoms with Gasteiger partial charge < -0.3 is 9.84 Å². The highest BCUT2D eigenvalue weighted by atomic mass is 19.4. The lowest BCUT2D eigenvalue weighted by atomic mass is 9.95. The number of alkyl halides is 3. The van der Waals surface area contributed by atoms with Crippen molar-refractivity contribution in [2.45, 2.75) is 24.9 Å². The molecule has 1 aliphatic rings. The Bertz CT molecular complexity index is 621. The SMILES string of the molecule is FC(F)(F)c1nc(-c2cncc(C3CCNCC3)n2)no1. The van der Waals surface area contributed by atoms with E-state index in [0.717, 1.165) is 31.6 Å². The summed E-state index contributed by atoms with van der Waals surface area (Å²) in [5.74, 6) is -1.34. The van der Waals surface area contributed by atoms with E-state index in [4.69, 9.17) is 0 Å². The van der Waals surface area contributed by atoms with Gasteiger partial charge in [-0.25, -0.2) is 4.98 Å². The first-order valence-electron chi connectivity index (χ1n) is 6.48. The van der Waals surface area contributed by atoms with Crippen molar-refractivity contribution < 1.29 is 17.7 Å². The van der Waals surface area contributed by atoms with Crippen LogP contribution in [0.4, 0.5) is 13.2 Å². The minimum absolute atomic E-state index is 0.185. The Kier molecular flexibility index (Phi) is 3.58. The normalized spacial score (nSPS) is 17.1. The highest BCUT2D eigenvalue weighted by Crippen LogP contribution is 2.29. The van der Waals surface area contributed by atoms with Crippen molar-refractivity contribution in [2.24, 2.45) is 0 Å². The summed E-state index contributed by atoms with van der Waals surface area (Å²) < 4.78 is 41.5. The van der Waals surface area contributed by atoms with Gasteiger partial charge in [-0.15, -0.1) is 0 Å². The third-order valence-electron chi connectivity index (χ3n) is 3.31. The molecule has 1 saturated heterocycles. The molecule has 0 atom stereocenters. The lowest BCUT2D eigenvalue weighted by Crippen LogP contribution is -2.27. The molecule has 9 heteroatoms. The van der Waals surface area contributed by atoms with E-state index in [0.29, 0.717) is 0 Å². The van der Waals surface area contributed by atoms with Crippen LogP contribution in [-0.4, -0.2) is 33.2 Å². The molecule has 0 aliphatic carbocycles. The van der Waals surface area contributed by atoms with Crippen LogP contribution < -0.4 is 5.32 Å². The first kappa shape index (κ1) is 13.9. The highest BCUT2D eigenvalue weighted by Gasteiger charge is 2.38. The molecule has 1 fully saturated rings. The Morgan fingerprint density at radius 1 is 1.14 bits per heavy atom. The second kappa shape index (κ2) is 5.40. The molecule has 3 rings (SSSR count). The van der Waals surface area contributed by atoms with E-state index in [9.17, 15) is 13.2 Å². The van der Waals surface area contributed by atoms with Crippen molar-refractivity contribution in [3.63, 3.8) is 0 Å². The fourth-order valence-corrected chi connectivity index (χ4v) is 2.25. The molecule has 0 radical (unpaired) electrons. The van der Waals surface area contributed by atoms with Gasteiger partial charge >= 0.3 is 12.1 Å². The van der Waals surface area contributed by atoms with Gasteiger partial charge in [-0.2, -0.15) is 18.2 Å². The van der Waals surface area contributed by atoms with E-state index in [1.54, 1.807) is 6.20 Å². The molecule has 0 amide bonds. The molecule has 1 N–H and O–H groups in total. The molecule has 6 nitrogen and oxygen atoms in total. The quantitative estimate of drug-likeness (QED) is 0.914. The van der Waals surface area contributed by atoms with Crippen LogP contribution >= 0.6 is 0 Å². The van der Waals surface area contributed by atoms with Crippen LogP contribution in [0.15, 0.2) is 16.9 Å². The summed E-state index contributed by atoms with van der Waals surface area (Å²) in [6.45, 7) is 1.77. The van der Waals surface area contributed by atoms with E-state index in [1.807, 2.05) is 0 Å². The summed E-state index contributed by atoms with van der Waals surface area (Å²) in [6, 6.07) is 0. The molecule has 0 saturated carbocycles. The van der Waals surface area contributed by atoms with Gasteiger partial charge in [0.25, 0.3) is 0 Å². The third kappa shape index (κ3) is 3.02. The predicted octanol–water partition coefficient (Wildman–Crippen LogP) is 2.01. The summed E-state index contributed by atoms with van der Waals surface area (Å²) in [6.07, 6.45) is 0.126. The molecule has 0 spiro atoms. The van der Waals surface area contributed by atoms with Gasteiger partial charge in [0.05, 0.1) is 11.9 Å². The topological polar surface area (TPSA) is 76.7 Å². The highest BCUT2D eigenvalue weighted by molar-refractivity contribution is 5.46. The summed E-state index contributed by atoms with van der Waals surface area (Å²) in [4.78, 5) is 11.7. The van der Waals surface area contributed by atoms with Crippen LogP contribution in [-0.2, 0) is 6.18 Å². The monoisotopic (exact) mass is 299 g/mol. The number of rotatable bonds is 2. The number of hydrogen-bond donors (Lipinski definition) is 1. The van der Waals surface area contributed by atoms with Crippen molar-refractivity contribution >= 4 is 0 Å². The Morgan fingerprint density at radius 2 is 1.90 bits per heavy atom. The Labute approximate surface area is 117 Å². The van der Waals surface area contributed by atoms with E-state index < -0.39 is 12.1 Å². The molecule has 3 heterocycles. The lowest BCUT2D eigenvalue weighted by molar-refractivity contribution is -0.159. The maximum absolute atomic E-state index is 12.4. The fourth-order valence-electron chi connectivity index (χ4n) is 2.25. The molecule has 2 aromatic rings. The van der Waals surface area contributed by atoms with Crippen LogP contribution in [0.3, 0.4) is 0 Å². The van der Waals surface area contributed by atoms with Crippen LogP contribution in [0.25, 0.3) is 11.5 Å².